The topological polar surface area (TPSA) is 152 Å². The molecule has 11 heteroatoms. The Hall–Kier alpha value is -2.08. The zero-order valence-corrected chi connectivity index (χ0v) is 14.4. The Kier molecular flexibility index (Phi) is 4.73. The maximum absolute atomic E-state index is 11.3. The lowest BCUT2D eigenvalue weighted by molar-refractivity contribution is -0.114. The number of aromatic nitrogens is 3. The highest BCUT2D eigenvalue weighted by molar-refractivity contribution is 7.87. The monoisotopic (exact) mass is 368 g/mol. The van der Waals surface area contributed by atoms with Crippen LogP contribution in [-0.4, -0.2) is 46.6 Å². The van der Waals surface area contributed by atoms with E-state index in [2.05, 4.69) is 20.0 Å². The number of fused-ring (bicyclic) bond motifs is 1. The van der Waals surface area contributed by atoms with Crippen LogP contribution in [-0.2, 0) is 15.0 Å². The van der Waals surface area contributed by atoms with Crippen LogP contribution in [0, 0.1) is 5.92 Å². The molecule has 2 aromatic rings. The van der Waals surface area contributed by atoms with Crippen molar-refractivity contribution in [3.8, 4) is 0 Å². The number of nitrogens with one attached hydrogen (secondary N) is 2. The molecule has 0 bridgehead atoms. The zero-order chi connectivity index (χ0) is 18.2. The van der Waals surface area contributed by atoms with E-state index >= 15 is 0 Å². The fourth-order valence-corrected chi connectivity index (χ4v) is 3.72. The van der Waals surface area contributed by atoms with Crippen molar-refractivity contribution in [1.82, 2.24) is 19.3 Å². The largest absolute Gasteiger partial charge is 0.393 e. The first kappa shape index (κ1) is 17.7. The molecule has 0 unspecified atom stereocenters. The summed E-state index contributed by atoms with van der Waals surface area (Å²) in [5.74, 6) is -0.0298. The van der Waals surface area contributed by atoms with E-state index < -0.39 is 16.3 Å². The molecule has 10 nitrogen and oxygen atoms in total. The number of carbonyl (C=O) groups is 1. The first-order valence-electron chi connectivity index (χ1n) is 7.79. The van der Waals surface area contributed by atoms with Crippen LogP contribution >= 0.6 is 0 Å². The molecular formula is C14H20N6O4S. The average molecular weight is 368 g/mol. The zero-order valence-electron chi connectivity index (χ0n) is 13.6. The third-order valence-electron chi connectivity index (χ3n) is 4.38. The smallest absolute Gasteiger partial charge is 0.274 e. The van der Waals surface area contributed by atoms with E-state index in [0.717, 1.165) is 0 Å². The van der Waals surface area contributed by atoms with Gasteiger partial charge in [0.1, 0.15) is 17.8 Å². The van der Waals surface area contributed by atoms with Gasteiger partial charge >= 0.3 is 0 Å². The van der Waals surface area contributed by atoms with Crippen LogP contribution in [0.25, 0.3) is 11.0 Å². The van der Waals surface area contributed by atoms with Gasteiger partial charge in [0.05, 0.1) is 11.5 Å². The predicted octanol–water partition coefficient (Wildman–Crippen LogP) is -0.505. The van der Waals surface area contributed by atoms with Crippen molar-refractivity contribution in [3.05, 3.63) is 18.6 Å². The molecule has 2 heterocycles. The summed E-state index contributed by atoms with van der Waals surface area (Å²) in [5.41, 5.74) is 0.649. The maximum atomic E-state index is 11.3. The van der Waals surface area contributed by atoms with E-state index in [-0.39, 0.29) is 24.4 Å². The highest BCUT2D eigenvalue weighted by Gasteiger charge is 2.35. The van der Waals surface area contributed by atoms with Gasteiger partial charge in [0.15, 0.2) is 0 Å². The van der Waals surface area contributed by atoms with E-state index in [1.54, 1.807) is 0 Å². The molecule has 2 aromatic heterocycles. The van der Waals surface area contributed by atoms with Crippen molar-refractivity contribution < 1.29 is 18.3 Å². The molecule has 25 heavy (non-hydrogen) atoms. The average Bonchev–Trinajstić information content (AvgIpc) is 3.08. The van der Waals surface area contributed by atoms with Crippen molar-refractivity contribution >= 4 is 33.0 Å². The molecule has 0 radical (unpaired) electrons. The van der Waals surface area contributed by atoms with Crippen LogP contribution in [0.1, 0.15) is 25.8 Å². The van der Waals surface area contributed by atoms with Gasteiger partial charge in [0, 0.05) is 31.6 Å². The normalized spacial score (nSPS) is 23.9. The van der Waals surface area contributed by atoms with Gasteiger partial charge in [-0.2, -0.15) is 8.42 Å². The molecule has 1 aliphatic rings. The summed E-state index contributed by atoms with van der Waals surface area (Å²) in [6, 6.07) is 1.77. The number of carbonyl (C=O) groups excluding carboxylic acids is 1. The van der Waals surface area contributed by atoms with Crippen LogP contribution in [0.3, 0.4) is 0 Å². The lowest BCUT2D eigenvalue weighted by atomic mass is 10.1. The van der Waals surface area contributed by atoms with Gasteiger partial charge in [-0.1, -0.05) is 0 Å². The maximum Gasteiger partial charge on any atom is 0.274 e. The summed E-state index contributed by atoms with van der Waals surface area (Å²) in [6.45, 7) is 1.49. The van der Waals surface area contributed by atoms with Gasteiger partial charge in [-0.3, -0.25) is 4.79 Å². The van der Waals surface area contributed by atoms with Gasteiger partial charge < -0.3 is 15.0 Å². The number of aliphatic hydroxyl groups is 1. The summed E-state index contributed by atoms with van der Waals surface area (Å²) >= 11 is 0. The lowest BCUT2D eigenvalue weighted by Gasteiger charge is -2.14. The van der Waals surface area contributed by atoms with E-state index in [1.807, 2.05) is 16.8 Å². The summed E-state index contributed by atoms with van der Waals surface area (Å²) in [4.78, 5) is 19.6. The summed E-state index contributed by atoms with van der Waals surface area (Å²) in [7, 11) is -3.79. The van der Waals surface area contributed by atoms with E-state index in [0.29, 0.717) is 29.7 Å². The molecule has 136 valence electrons. The Labute approximate surface area is 144 Å². The van der Waals surface area contributed by atoms with Crippen LogP contribution in [0.5, 0.6) is 0 Å². The highest BCUT2D eigenvalue weighted by atomic mass is 32.2. The van der Waals surface area contributed by atoms with E-state index in [1.165, 1.54) is 13.3 Å². The number of nitrogens with zero attached hydrogens (tertiary/aromatic N) is 3. The molecule has 5 N–H and O–H groups in total. The fourth-order valence-electron chi connectivity index (χ4n) is 3.28. The van der Waals surface area contributed by atoms with Crippen LogP contribution in [0.15, 0.2) is 18.6 Å². The lowest BCUT2D eigenvalue weighted by Crippen LogP contribution is -2.36. The predicted molar refractivity (Wildman–Crippen MR) is 90.7 cm³/mol. The quantitative estimate of drug-likeness (QED) is 0.558. The second kappa shape index (κ2) is 6.67. The van der Waals surface area contributed by atoms with Gasteiger partial charge in [-0.25, -0.2) is 19.8 Å². The van der Waals surface area contributed by atoms with Gasteiger partial charge in [0.25, 0.3) is 10.2 Å². The third kappa shape index (κ3) is 3.95. The van der Waals surface area contributed by atoms with Gasteiger partial charge in [-0.05, 0) is 18.9 Å². The number of aliphatic hydroxyl groups excluding tert-OH is 1. The number of amides is 1. The van der Waals surface area contributed by atoms with Crippen LogP contribution < -0.4 is 15.2 Å². The SMILES string of the molecule is CC(=O)Nc1ncnc2c1ccn2[C@@H]1C[C@@H](CNS(N)(=O)=O)[C@@H](O)C1. The summed E-state index contributed by atoms with van der Waals surface area (Å²) in [5, 5.41) is 18.5. The molecule has 1 fully saturated rings. The molecule has 0 spiro atoms. The minimum atomic E-state index is -3.79. The number of rotatable bonds is 5. The Morgan fingerprint density at radius 2 is 2.20 bits per heavy atom. The number of hydrogen-bond acceptors (Lipinski definition) is 6. The Morgan fingerprint density at radius 3 is 2.88 bits per heavy atom. The molecule has 3 rings (SSSR count). The molecular weight excluding hydrogens is 348 g/mol. The molecule has 0 aliphatic heterocycles. The van der Waals surface area contributed by atoms with Crippen LogP contribution in [0.2, 0.25) is 0 Å². The minimum absolute atomic E-state index is 0.0418. The first-order valence-corrected chi connectivity index (χ1v) is 9.34. The van der Waals surface area contributed by atoms with Crippen molar-refractivity contribution in [2.45, 2.75) is 31.9 Å². The second-order valence-electron chi connectivity index (χ2n) is 6.21. The van der Waals surface area contributed by atoms with Crippen molar-refractivity contribution in [2.24, 2.45) is 11.1 Å². The minimum Gasteiger partial charge on any atom is -0.393 e. The molecule has 0 aromatic carbocycles. The molecule has 1 amide bonds. The Balaban J connectivity index is 1.82. The second-order valence-corrected chi connectivity index (χ2v) is 7.59. The summed E-state index contributed by atoms with van der Waals surface area (Å²) in [6.07, 6.45) is 3.61. The Bertz CT molecular complexity index is 896. The van der Waals surface area contributed by atoms with Crippen LogP contribution in [0.4, 0.5) is 5.82 Å². The van der Waals surface area contributed by atoms with Crippen molar-refractivity contribution in [2.75, 3.05) is 11.9 Å². The third-order valence-corrected chi connectivity index (χ3v) is 4.95. The highest BCUT2D eigenvalue weighted by Crippen LogP contribution is 2.37. The number of hydrogen-bond donors (Lipinski definition) is 4. The number of anilines is 1. The molecule has 0 saturated heterocycles. The van der Waals surface area contributed by atoms with Gasteiger partial charge in [0.2, 0.25) is 5.91 Å². The van der Waals surface area contributed by atoms with Crippen molar-refractivity contribution in [1.29, 1.82) is 0 Å². The standard InChI is InChI=1S/C14H20N6O4S/c1-8(21)19-13-11-2-3-20(14(11)17-7-16-13)10-4-9(12(22)5-10)6-18-25(15,23)24/h2-3,7,9-10,12,18,22H,4-6H2,1H3,(H2,15,23,24)(H,16,17,19,21)/t9-,10+,12-/m0/s1. The molecule has 1 aliphatic carbocycles. The molecule has 1 saturated carbocycles. The van der Waals surface area contributed by atoms with E-state index in [9.17, 15) is 18.3 Å². The van der Waals surface area contributed by atoms with E-state index in [4.69, 9.17) is 5.14 Å². The number of nitrogens with two attached hydrogens (primary N) is 1. The first-order chi connectivity index (χ1) is 11.7. The Morgan fingerprint density at radius 1 is 1.44 bits per heavy atom. The molecule has 3 atom stereocenters. The van der Waals surface area contributed by atoms with Crippen molar-refractivity contribution in [3.63, 3.8) is 0 Å². The fraction of sp³-hybridized carbons (Fsp3) is 0.500. The summed E-state index contributed by atoms with van der Waals surface area (Å²) < 4.78 is 26.2. The van der Waals surface area contributed by atoms with Gasteiger partial charge in [-0.15, -0.1) is 0 Å².